The molecule has 2 heterocycles. The van der Waals surface area contributed by atoms with Crippen molar-refractivity contribution in [1.29, 1.82) is 0 Å². The molecule has 0 aliphatic heterocycles. The number of methoxy groups -OCH3 is 1. The summed E-state index contributed by atoms with van der Waals surface area (Å²) < 4.78 is 6.87. The number of carbonyl (C=O) groups is 1. The van der Waals surface area contributed by atoms with Crippen molar-refractivity contribution in [3.8, 4) is 5.75 Å². The Hall–Kier alpha value is -2.86. The van der Waals surface area contributed by atoms with Gasteiger partial charge in [-0.3, -0.25) is 4.79 Å². The van der Waals surface area contributed by atoms with E-state index in [-0.39, 0.29) is 12.5 Å². The lowest BCUT2D eigenvalue weighted by Gasteiger charge is -2.12. The molecule has 0 aliphatic carbocycles. The molecule has 24 heavy (non-hydrogen) atoms. The van der Waals surface area contributed by atoms with Gasteiger partial charge in [0.15, 0.2) is 0 Å². The summed E-state index contributed by atoms with van der Waals surface area (Å²) in [6.45, 7) is 2.08. The van der Waals surface area contributed by atoms with Crippen molar-refractivity contribution in [3.63, 3.8) is 0 Å². The number of hydrogen-bond acceptors (Lipinski definition) is 4. The normalized spacial score (nSPS) is 12.1. The van der Waals surface area contributed by atoms with E-state index in [4.69, 9.17) is 4.74 Å². The lowest BCUT2D eigenvalue weighted by atomic mass is 10.1. The summed E-state index contributed by atoms with van der Waals surface area (Å²) in [6.07, 6.45) is 2.74. The van der Waals surface area contributed by atoms with E-state index >= 15 is 0 Å². The number of ether oxygens (including phenoxy) is 1. The molecule has 124 valence electrons. The predicted molar refractivity (Wildman–Crippen MR) is 90.2 cm³/mol. The molecule has 0 fully saturated rings. The first-order valence-electron chi connectivity index (χ1n) is 7.62. The second-order valence-corrected chi connectivity index (χ2v) is 5.59. The maximum atomic E-state index is 12.2. The highest BCUT2D eigenvalue weighted by molar-refractivity contribution is 5.92. The fraction of sp³-hybridized carbons (Fsp3) is 0.222. The molecule has 0 radical (unpaired) electrons. The summed E-state index contributed by atoms with van der Waals surface area (Å²) in [5.74, 6) is 0.402. The second-order valence-electron chi connectivity index (χ2n) is 5.59. The number of nitrogens with one attached hydrogen (secondary N) is 1. The van der Waals surface area contributed by atoms with Crippen LogP contribution in [-0.2, 0) is 0 Å². The zero-order valence-electron chi connectivity index (χ0n) is 13.6. The fourth-order valence-corrected chi connectivity index (χ4v) is 2.42. The van der Waals surface area contributed by atoms with Crippen molar-refractivity contribution in [3.05, 3.63) is 65.6 Å². The molecular formula is C18H19N3O3. The molecule has 0 aliphatic rings. The molecule has 6 heteroatoms. The maximum Gasteiger partial charge on any atom is 0.271 e. The van der Waals surface area contributed by atoms with Crippen LogP contribution < -0.4 is 10.1 Å². The molecule has 3 aromatic rings. The molecule has 0 unspecified atom stereocenters. The van der Waals surface area contributed by atoms with Crippen LogP contribution in [0.3, 0.4) is 0 Å². The third-order valence-electron chi connectivity index (χ3n) is 3.80. The van der Waals surface area contributed by atoms with Crippen LogP contribution in [0.2, 0.25) is 0 Å². The third-order valence-corrected chi connectivity index (χ3v) is 3.80. The number of aryl methyl sites for hydroxylation is 1. The minimum atomic E-state index is -0.792. The highest BCUT2D eigenvalue weighted by atomic mass is 16.5. The molecule has 0 bridgehead atoms. The number of benzene rings is 1. The first-order valence-corrected chi connectivity index (χ1v) is 7.62. The van der Waals surface area contributed by atoms with Gasteiger partial charge in [0.05, 0.1) is 13.2 Å². The van der Waals surface area contributed by atoms with E-state index < -0.39 is 6.10 Å². The highest BCUT2D eigenvalue weighted by Gasteiger charge is 2.14. The smallest absolute Gasteiger partial charge is 0.271 e. The van der Waals surface area contributed by atoms with E-state index in [0.717, 1.165) is 17.0 Å². The molecule has 1 aromatic carbocycles. The number of amides is 1. The number of nitrogens with zero attached hydrogens (tertiary/aromatic N) is 2. The van der Waals surface area contributed by atoms with E-state index in [0.29, 0.717) is 11.3 Å². The first kappa shape index (κ1) is 16.0. The van der Waals surface area contributed by atoms with Gasteiger partial charge < -0.3 is 19.6 Å². The molecule has 2 N–H and O–H groups in total. The van der Waals surface area contributed by atoms with Crippen molar-refractivity contribution >= 4 is 11.6 Å². The number of aromatic nitrogens is 2. The molecule has 0 spiro atoms. The van der Waals surface area contributed by atoms with Crippen molar-refractivity contribution in [2.75, 3.05) is 13.7 Å². The van der Waals surface area contributed by atoms with Gasteiger partial charge in [-0.2, -0.15) is 0 Å². The summed E-state index contributed by atoms with van der Waals surface area (Å²) in [7, 11) is 1.59. The van der Waals surface area contributed by atoms with Crippen molar-refractivity contribution in [2.45, 2.75) is 13.0 Å². The topological polar surface area (TPSA) is 75.9 Å². The SMILES string of the molecule is COc1ccc([C@@H](O)CNC(=O)c2cn3ccc(C)cc3n2)cc1. The van der Waals surface area contributed by atoms with Crippen LogP contribution in [0, 0.1) is 6.92 Å². The Morgan fingerprint density at radius 2 is 2.08 bits per heavy atom. The molecule has 0 saturated heterocycles. The van der Waals surface area contributed by atoms with Crippen LogP contribution in [0.4, 0.5) is 0 Å². The number of hydrogen-bond donors (Lipinski definition) is 2. The van der Waals surface area contributed by atoms with Crippen LogP contribution in [0.25, 0.3) is 5.65 Å². The lowest BCUT2D eigenvalue weighted by Crippen LogP contribution is -2.28. The summed E-state index contributed by atoms with van der Waals surface area (Å²) in [5.41, 5.74) is 2.83. The van der Waals surface area contributed by atoms with Crippen LogP contribution in [-0.4, -0.2) is 34.1 Å². The van der Waals surface area contributed by atoms with E-state index in [1.165, 1.54) is 0 Å². The number of carbonyl (C=O) groups excluding carboxylic acids is 1. The molecule has 1 atom stereocenters. The van der Waals surface area contributed by atoms with Gasteiger partial charge in [-0.15, -0.1) is 0 Å². The zero-order valence-corrected chi connectivity index (χ0v) is 13.6. The number of pyridine rings is 1. The maximum absolute atomic E-state index is 12.2. The van der Waals surface area contributed by atoms with Crippen LogP contribution >= 0.6 is 0 Å². The van der Waals surface area contributed by atoms with Gasteiger partial charge in [-0.05, 0) is 42.3 Å². The number of imidazole rings is 1. The van der Waals surface area contributed by atoms with E-state index in [1.54, 1.807) is 42.0 Å². The summed E-state index contributed by atoms with van der Waals surface area (Å²) in [4.78, 5) is 16.5. The largest absolute Gasteiger partial charge is 0.497 e. The standard InChI is InChI=1S/C18H19N3O3/c1-12-7-8-21-11-15(20-17(21)9-12)18(23)19-10-16(22)13-3-5-14(24-2)6-4-13/h3-9,11,16,22H,10H2,1-2H3,(H,19,23)/t16-/m0/s1. The van der Waals surface area contributed by atoms with Gasteiger partial charge in [0, 0.05) is 18.9 Å². The fourth-order valence-electron chi connectivity index (χ4n) is 2.42. The summed E-state index contributed by atoms with van der Waals surface area (Å²) in [6, 6.07) is 10.9. The van der Waals surface area contributed by atoms with Crippen molar-refractivity contribution < 1.29 is 14.6 Å². The molecule has 3 rings (SSSR count). The molecule has 1 amide bonds. The average molecular weight is 325 g/mol. The quantitative estimate of drug-likeness (QED) is 0.753. The Labute approximate surface area is 139 Å². The van der Waals surface area contributed by atoms with Crippen LogP contribution in [0.5, 0.6) is 5.75 Å². The highest BCUT2D eigenvalue weighted by Crippen LogP contribution is 2.17. The van der Waals surface area contributed by atoms with Gasteiger partial charge in [0.2, 0.25) is 0 Å². The Morgan fingerprint density at radius 3 is 2.79 bits per heavy atom. The van der Waals surface area contributed by atoms with Gasteiger partial charge in [0.1, 0.15) is 17.1 Å². The predicted octanol–water partition coefficient (Wildman–Crippen LogP) is 2.11. The zero-order chi connectivity index (χ0) is 17.1. The van der Waals surface area contributed by atoms with Crippen LogP contribution in [0.15, 0.2) is 48.8 Å². The van der Waals surface area contributed by atoms with Gasteiger partial charge in [0.25, 0.3) is 5.91 Å². The van der Waals surface area contributed by atoms with E-state index in [2.05, 4.69) is 10.3 Å². The Bertz CT molecular complexity index is 856. The molecule has 2 aromatic heterocycles. The summed E-state index contributed by atoms with van der Waals surface area (Å²) in [5, 5.41) is 12.9. The summed E-state index contributed by atoms with van der Waals surface area (Å²) >= 11 is 0. The van der Waals surface area contributed by atoms with Crippen LogP contribution in [0.1, 0.15) is 27.7 Å². The van der Waals surface area contributed by atoms with Gasteiger partial charge in [-0.1, -0.05) is 12.1 Å². The number of fused-ring (bicyclic) bond motifs is 1. The average Bonchev–Trinajstić information content (AvgIpc) is 3.02. The Kier molecular flexibility index (Phi) is 4.48. The monoisotopic (exact) mass is 325 g/mol. The van der Waals surface area contributed by atoms with E-state index in [9.17, 15) is 9.90 Å². The van der Waals surface area contributed by atoms with E-state index in [1.807, 2.05) is 25.3 Å². The van der Waals surface area contributed by atoms with Gasteiger partial charge >= 0.3 is 0 Å². The molecular weight excluding hydrogens is 306 g/mol. The Balaban J connectivity index is 1.65. The Morgan fingerprint density at radius 1 is 1.33 bits per heavy atom. The molecule has 0 saturated carbocycles. The van der Waals surface area contributed by atoms with Crippen molar-refractivity contribution in [1.82, 2.24) is 14.7 Å². The first-order chi connectivity index (χ1) is 11.6. The third kappa shape index (κ3) is 3.38. The lowest BCUT2D eigenvalue weighted by molar-refractivity contribution is 0.0912. The second kappa shape index (κ2) is 6.72. The number of rotatable bonds is 5. The van der Waals surface area contributed by atoms with Crippen molar-refractivity contribution in [2.24, 2.45) is 0 Å². The number of aliphatic hydroxyl groups is 1. The minimum Gasteiger partial charge on any atom is -0.497 e. The number of aliphatic hydroxyl groups excluding tert-OH is 1. The molecule has 6 nitrogen and oxygen atoms in total. The minimum absolute atomic E-state index is 0.109. The van der Waals surface area contributed by atoms with Gasteiger partial charge in [-0.25, -0.2) is 4.98 Å².